The number of phenols is 1. The maximum Gasteiger partial charge on any atom is 0.338 e. The van der Waals surface area contributed by atoms with Crippen LogP contribution in [0.25, 0.3) is 0 Å². The molecule has 0 heterocycles. The normalized spacial score (nSPS) is 9.47. The number of alkyl halides is 1. The van der Waals surface area contributed by atoms with Gasteiger partial charge in [-0.1, -0.05) is 23.4 Å². The second-order valence-electron chi connectivity index (χ2n) is 6.62. The number of benzene rings is 2. The van der Waals surface area contributed by atoms with Gasteiger partial charge in [0.25, 0.3) is 0 Å². The fourth-order valence-electron chi connectivity index (χ4n) is 2.47. The summed E-state index contributed by atoms with van der Waals surface area (Å²) in [6.45, 7) is 5.21. The second kappa shape index (κ2) is 20.4. The summed E-state index contributed by atoms with van der Waals surface area (Å²) in [7, 11) is 5.95. The van der Waals surface area contributed by atoms with Crippen LogP contribution >= 0.6 is 47.8 Å². The Hall–Kier alpha value is -1.66. The Morgan fingerprint density at radius 3 is 1.67 bits per heavy atom. The SMILES string of the molecule is C.COC(=O)c1ccc(Br)c(O)c1C.COCCBr.COCCOc1c(Br)ccc(C(=O)OC)c1C. The van der Waals surface area contributed by atoms with E-state index in [1.165, 1.54) is 14.2 Å². The summed E-state index contributed by atoms with van der Waals surface area (Å²) in [5.74, 6) is -0.0975. The van der Waals surface area contributed by atoms with Gasteiger partial charge in [0.15, 0.2) is 0 Å². The lowest BCUT2D eigenvalue weighted by Crippen LogP contribution is -2.09. The predicted octanol–water partition coefficient (Wildman–Crippen LogP) is 6.48. The van der Waals surface area contributed by atoms with Crippen LogP contribution in [0.3, 0.4) is 0 Å². The van der Waals surface area contributed by atoms with Gasteiger partial charge in [0.2, 0.25) is 0 Å². The lowest BCUT2D eigenvalue weighted by molar-refractivity contribution is 0.0590. The first-order valence-electron chi connectivity index (χ1n) is 10.2. The Morgan fingerprint density at radius 2 is 1.25 bits per heavy atom. The van der Waals surface area contributed by atoms with Crippen LogP contribution in [0.5, 0.6) is 11.5 Å². The molecule has 2 rings (SSSR count). The van der Waals surface area contributed by atoms with Gasteiger partial charge in [-0.25, -0.2) is 9.59 Å². The minimum absolute atomic E-state index is 0. The Labute approximate surface area is 239 Å². The number of carbonyl (C=O) groups excluding carboxylic acids is 2. The van der Waals surface area contributed by atoms with Gasteiger partial charge in [0, 0.05) is 30.7 Å². The quantitative estimate of drug-likeness (QED) is 0.190. The van der Waals surface area contributed by atoms with E-state index in [0.29, 0.717) is 40.1 Å². The van der Waals surface area contributed by atoms with Gasteiger partial charge >= 0.3 is 11.9 Å². The maximum absolute atomic E-state index is 11.5. The summed E-state index contributed by atoms with van der Waals surface area (Å²) in [5, 5.41) is 10.4. The Kier molecular flexibility index (Phi) is 20.7. The van der Waals surface area contributed by atoms with Crippen LogP contribution in [0.4, 0.5) is 0 Å². The van der Waals surface area contributed by atoms with Gasteiger partial charge in [0.05, 0.1) is 47.5 Å². The van der Waals surface area contributed by atoms with Crippen molar-refractivity contribution in [1.82, 2.24) is 0 Å². The van der Waals surface area contributed by atoms with Crippen molar-refractivity contribution in [2.24, 2.45) is 0 Å². The number of carbonyl (C=O) groups is 2. The smallest absolute Gasteiger partial charge is 0.338 e. The van der Waals surface area contributed by atoms with Crippen molar-refractivity contribution in [3.8, 4) is 11.5 Å². The third-order valence-electron chi connectivity index (χ3n) is 4.37. The van der Waals surface area contributed by atoms with Crippen LogP contribution < -0.4 is 4.74 Å². The van der Waals surface area contributed by atoms with Crippen LogP contribution in [-0.2, 0) is 18.9 Å². The van der Waals surface area contributed by atoms with E-state index < -0.39 is 5.97 Å². The lowest BCUT2D eigenvalue weighted by atomic mass is 10.1. The number of methoxy groups -OCH3 is 4. The molecule has 0 saturated heterocycles. The van der Waals surface area contributed by atoms with Crippen LogP contribution in [-0.4, -0.2) is 70.6 Å². The molecular weight excluding hydrogens is 668 g/mol. The molecular formula is C25H35Br3O8. The van der Waals surface area contributed by atoms with Crippen molar-refractivity contribution in [3.63, 3.8) is 0 Å². The molecule has 0 fully saturated rings. The van der Waals surface area contributed by atoms with Crippen LogP contribution in [0.1, 0.15) is 39.3 Å². The van der Waals surface area contributed by atoms with Crippen molar-refractivity contribution < 1.29 is 38.4 Å². The molecule has 0 aromatic heterocycles. The molecule has 0 bridgehead atoms. The van der Waals surface area contributed by atoms with Gasteiger partial charge in [-0.05, 0) is 70.0 Å². The van der Waals surface area contributed by atoms with E-state index in [1.54, 1.807) is 45.4 Å². The number of aromatic hydroxyl groups is 1. The van der Waals surface area contributed by atoms with Crippen molar-refractivity contribution in [1.29, 1.82) is 0 Å². The third-order valence-corrected chi connectivity index (χ3v) is 5.95. The van der Waals surface area contributed by atoms with E-state index in [9.17, 15) is 14.7 Å². The first-order valence-corrected chi connectivity index (χ1v) is 12.9. The first kappa shape index (κ1) is 36.5. The van der Waals surface area contributed by atoms with Crippen molar-refractivity contribution in [2.75, 3.05) is 53.6 Å². The van der Waals surface area contributed by atoms with Gasteiger partial charge in [-0.3, -0.25) is 0 Å². The van der Waals surface area contributed by atoms with Crippen LogP contribution in [0.2, 0.25) is 0 Å². The molecule has 0 atom stereocenters. The molecule has 0 amide bonds. The molecule has 0 saturated carbocycles. The second-order valence-corrected chi connectivity index (χ2v) is 9.13. The average molecular weight is 703 g/mol. The molecule has 0 aliphatic heterocycles. The largest absolute Gasteiger partial charge is 0.506 e. The summed E-state index contributed by atoms with van der Waals surface area (Å²) < 4.78 is 25.7. The molecule has 0 spiro atoms. The molecule has 36 heavy (non-hydrogen) atoms. The highest BCUT2D eigenvalue weighted by Crippen LogP contribution is 2.32. The average Bonchev–Trinajstić information content (AvgIpc) is 2.85. The summed E-state index contributed by atoms with van der Waals surface area (Å²) in [5.41, 5.74) is 2.15. The minimum atomic E-state index is -0.444. The predicted molar refractivity (Wildman–Crippen MR) is 152 cm³/mol. The molecule has 1 N–H and O–H groups in total. The molecule has 0 aliphatic carbocycles. The monoisotopic (exact) mass is 700 g/mol. The topological polar surface area (TPSA) is 101 Å². The lowest BCUT2D eigenvalue weighted by Gasteiger charge is -2.13. The molecule has 2 aromatic rings. The standard InChI is InChI=1S/C12H15BrO4.C9H9BrO3.C3H7BrO.CH4/c1-8-9(12(14)16-3)4-5-10(13)11(8)17-7-6-15-2;1-5-6(9(12)13-2)3-4-7(10)8(5)11;1-5-3-2-4;/h4-5H,6-7H2,1-3H3;3-4,11H,1-2H3;2-3H2,1H3;1H4. The Morgan fingerprint density at radius 1 is 0.778 bits per heavy atom. The van der Waals surface area contributed by atoms with Crippen LogP contribution in [0.15, 0.2) is 33.2 Å². The highest BCUT2D eigenvalue weighted by molar-refractivity contribution is 9.11. The van der Waals surface area contributed by atoms with Crippen molar-refractivity contribution in [2.45, 2.75) is 21.3 Å². The van der Waals surface area contributed by atoms with E-state index in [4.69, 9.17) is 14.2 Å². The minimum Gasteiger partial charge on any atom is -0.506 e. The number of hydrogen-bond acceptors (Lipinski definition) is 8. The number of halogens is 3. The first-order chi connectivity index (χ1) is 16.6. The number of esters is 2. The van der Waals surface area contributed by atoms with E-state index in [1.807, 2.05) is 6.92 Å². The fraction of sp³-hybridized carbons (Fsp3) is 0.440. The fourth-order valence-corrected chi connectivity index (χ4v) is 3.77. The zero-order chi connectivity index (χ0) is 27.0. The maximum atomic E-state index is 11.5. The van der Waals surface area contributed by atoms with E-state index in [-0.39, 0.29) is 19.1 Å². The molecule has 2 aromatic carbocycles. The zero-order valence-electron chi connectivity index (χ0n) is 20.6. The molecule has 8 nitrogen and oxygen atoms in total. The number of phenolic OH excluding ortho intramolecular Hbond substituents is 1. The summed E-state index contributed by atoms with van der Waals surface area (Å²) >= 11 is 9.72. The number of hydrogen-bond donors (Lipinski definition) is 1. The summed E-state index contributed by atoms with van der Waals surface area (Å²) in [6, 6.07) is 6.68. The molecule has 0 unspecified atom stereocenters. The molecule has 11 heteroatoms. The molecule has 0 radical (unpaired) electrons. The Balaban J connectivity index is 0. The van der Waals surface area contributed by atoms with Gasteiger partial charge < -0.3 is 28.8 Å². The highest BCUT2D eigenvalue weighted by Gasteiger charge is 2.16. The van der Waals surface area contributed by atoms with Crippen molar-refractivity contribution in [3.05, 3.63) is 55.5 Å². The van der Waals surface area contributed by atoms with Gasteiger partial charge in [-0.15, -0.1) is 0 Å². The third kappa shape index (κ3) is 12.1. The molecule has 204 valence electrons. The van der Waals surface area contributed by atoms with E-state index in [2.05, 4.69) is 57.3 Å². The van der Waals surface area contributed by atoms with Crippen molar-refractivity contribution >= 4 is 59.7 Å². The van der Waals surface area contributed by atoms with Gasteiger partial charge in [-0.2, -0.15) is 0 Å². The van der Waals surface area contributed by atoms with Crippen LogP contribution in [0, 0.1) is 13.8 Å². The van der Waals surface area contributed by atoms with E-state index >= 15 is 0 Å². The number of ether oxygens (including phenoxy) is 5. The summed E-state index contributed by atoms with van der Waals surface area (Å²) in [6.07, 6.45) is 0. The highest BCUT2D eigenvalue weighted by atomic mass is 79.9. The number of rotatable bonds is 8. The Bertz CT molecular complexity index is 949. The van der Waals surface area contributed by atoms with E-state index in [0.717, 1.165) is 22.0 Å². The molecule has 0 aliphatic rings. The summed E-state index contributed by atoms with van der Waals surface area (Å²) in [4.78, 5) is 22.7. The van der Waals surface area contributed by atoms with Gasteiger partial charge in [0.1, 0.15) is 18.1 Å². The zero-order valence-corrected chi connectivity index (χ0v) is 25.3.